The largest absolute Gasteiger partial charge is 0.378 e. The van der Waals surface area contributed by atoms with Crippen molar-refractivity contribution >= 4 is 38.9 Å². The molecule has 30 heavy (non-hydrogen) atoms. The van der Waals surface area contributed by atoms with Crippen LogP contribution >= 0.6 is 0 Å². The molecule has 0 bridgehead atoms. The molecule has 0 saturated carbocycles. The average Bonchev–Trinajstić information content (AvgIpc) is 2.79. The first kappa shape index (κ1) is 18.2. The summed E-state index contributed by atoms with van der Waals surface area (Å²) in [5.74, 6) is 0. The van der Waals surface area contributed by atoms with Gasteiger partial charge < -0.3 is 10.2 Å². The van der Waals surface area contributed by atoms with Gasteiger partial charge in [0.15, 0.2) is 0 Å². The van der Waals surface area contributed by atoms with Crippen molar-refractivity contribution in [1.29, 1.82) is 0 Å². The van der Waals surface area contributed by atoms with Gasteiger partial charge >= 0.3 is 0 Å². The molecular formula is C27H23N3. The van der Waals surface area contributed by atoms with E-state index in [-0.39, 0.29) is 0 Å². The van der Waals surface area contributed by atoms with Gasteiger partial charge in [0.05, 0.1) is 16.7 Å². The first-order valence-corrected chi connectivity index (χ1v) is 10.1. The van der Waals surface area contributed by atoms with E-state index in [1.54, 1.807) is 0 Å². The lowest BCUT2D eigenvalue weighted by Gasteiger charge is -2.17. The number of aromatic nitrogens is 1. The first-order chi connectivity index (χ1) is 14.7. The number of hydrogen-bond acceptors (Lipinski definition) is 3. The number of para-hydroxylation sites is 2. The summed E-state index contributed by atoms with van der Waals surface area (Å²) in [6.45, 7) is 0. The van der Waals surface area contributed by atoms with Crippen LogP contribution in [-0.4, -0.2) is 19.1 Å². The lowest BCUT2D eigenvalue weighted by molar-refractivity contribution is 1.13. The van der Waals surface area contributed by atoms with E-state index in [2.05, 4.69) is 109 Å². The molecule has 5 rings (SSSR count). The molecule has 1 heterocycles. The molecule has 0 amide bonds. The van der Waals surface area contributed by atoms with Crippen LogP contribution in [0.5, 0.6) is 0 Å². The molecule has 0 aliphatic rings. The number of fused-ring (bicyclic) bond motifs is 2. The monoisotopic (exact) mass is 389 g/mol. The lowest BCUT2D eigenvalue weighted by atomic mass is 9.99. The van der Waals surface area contributed by atoms with Crippen molar-refractivity contribution in [2.45, 2.75) is 0 Å². The Kier molecular flexibility index (Phi) is 4.56. The van der Waals surface area contributed by atoms with Gasteiger partial charge in [0, 0.05) is 41.8 Å². The van der Waals surface area contributed by atoms with Crippen molar-refractivity contribution in [3.05, 3.63) is 97.1 Å². The summed E-state index contributed by atoms with van der Waals surface area (Å²) in [6, 6.07) is 33.7. The van der Waals surface area contributed by atoms with E-state index in [1.807, 2.05) is 12.1 Å². The Labute approximate surface area is 176 Å². The number of pyridine rings is 1. The molecule has 1 N–H and O–H groups in total. The third-order valence-electron chi connectivity index (χ3n) is 5.45. The van der Waals surface area contributed by atoms with Crippen molar-refractivity contribution in [2.75, 3.05) is 24.3 Å². The van der Waals surface area contributed by atoms with Gasteiger partial charge in [-0.3, -0.25) is 0 Å². The molecule has 0 fully saturated rings. The number of nitrogens with zero attached hydrogens (tertiary/aromatic N) is 2. The van der Waals surface area contributed by atoms with Crippen molar-refractivity contribution < 1.29 is 0 Å². The summed E-state index contributed by atoms with van der Waals surface area (Å²) in [7, 11) is 4.11. The minimum atomic E-state index is 0.987. The van der Waals surface area contributed by atoms with Crippen LogP contribution in [0.15, 0.2) is 97.1 Å². The second kappa shape index (κ2) is 7.53. The predicted octanol–water partition coefficient (Wildman–Crippen LogP) is 6.86. The number of anilines is 3. The molecule has 146 valence electrons. The zero-order valence-electron chi connectivity index (χ0n) is 17.1. The van der Waals surface area contributed by atoms with Crippen molar-refractivity contribution in [2.24, 2.45) is 0 Å². The smallest absolute Gasteiger partial charge is 0.0808 e. The van der Waals surface area contributed by atoms with Crippen LogP contribution < -0.4 is 10.2 Å². The zero-order chi connectivity index (χ0) is 20.5. The van der Waals surface area contributed by atoms with Crippen molar-refractivity contribution in [1.82, 2.24) is 4.98 Å². The molecule has 5 aromatic rings. The van der Waals surface area contributed by atoms with E-state index in [0.717, 1.165) is 38.7 Å². The molecule has 0 atom stereocenters. The lowest BCUT2D eigenvalue weighted by Crippen LogP contribution is -2.08. The Morgan fingerprint density at radius 3 is 2.13 bits per heavy atom. The molecule has 0 radical (unpaired) electrons. The molecule has 0 spiro atoms. The molecule has 0 saturated heterocycles. The summed E-state index contributed by atoms with van der Waals surface area (Å²) < 4.78 is 0. The SMILES string of the molecule is CN(C)c1ccc(Nc2c3ccccc3nc3c(-c4ccccc4)cccc23)cc1. The summed E-state index contributed by atoms with van der Waals surface area (Å²) in [5.41, 5.74) is 7.64. The normalized spacial score (nSPS) is 11.0. The second-order valence-electron chi connectivity index (χ2n) is 7.64. The minimum absolute atomic E-state index is 0.987. The van der Waals surface area contributed by atoms with Gasteiger partial charge in [0.25, 0.3) is 0 Å². The number of rotatable bonds is 4. The Bertz CT molecular complexity index is 1320. The number of benzene rings is 4. The van der Waals surface area contributed by atoms with E-state index in [4.69, 9.17) is 4.98 Å². The zero-order valence-corrected chi connectivity index (χ0v) is 17.1. The van der Waals surface area contributed by atoms with Crippen LogP contribution in [0.25, 0.3) is 32.9 Å². The highest BCUT2D eigenvalue weighted by atomic mass is 15.1. The van der Waals surface area contributed by atoms with Gasteiger partial charge in [-0.1, -0.05) is 66.7 Å². The van der Waals surface area contributed by atoms with Crippen LogP contribution in [-0.2, 0) is 0 Å². The Balaban J connectivity index is 1.73. The van der Waals surface area contributed by atoms with Crippen LogP contribution in [0.1, 0.15) is 0 Å². The third-order valence-corrected chi connectivity index (χ3v) is 5.45. The van der Waals surface area contributed by atoms with Crippen molar-refractivity contribution in [3.63, 3.8) is 0 Å². The summed E-state index contributed by atoms with van der Waals surface area (Å²) >= 11 is 0. The van der Waals surface area contributed by atoms with E-state index in [9.17, 15) is 0 Å². The fourth-order valence-corrected chi connectivity index (χ4v) is 3.89. The summed E-state index contributed by atoms with van der Waals surface area (Å²) in [4.78, 5) is 7.15. The average molecular weight is 390 g/mol. The molecule has 3 nitrogen and oxygen atoms in total. The van der Waals surface area contributed by atoms with E-state index in [1.165, 1.54) is 11.3 Å². The van der Waals surface area contributed by atoms with E-state index in [0.29, 0.717) is 0 Å². The Morgan fingerprint density at radius 1 is 0.667 bits per heavy atom. The standard InChI is InChI=1S/C27H23N3/c1-30(2)21-17-15-20(16-18-21)28-27-23-11-6-7-14-25(23)29-26-22(12-8-13-24(26)27)19-9-4-3-5-10-19/h3-18H,1-2H3,(H,28,29). The molecule has 1 aromatic heterocycles. The van der Waals surface area contributed by atoms with Gasteiger partial charge in [-0.05, 0) is 35.9 Å². The van der Waals surface area contributed by atoms with Crippen LogP contribution in [0.2, 0.25) is 0 Å². The molecular weight excluding hydrogens is 366 g/mol. The first-order valence-electron chi connectivity index (χ1n) is 10.1. The summed E-state index contributed by atoms with van der Waals surface area (Å²) in [5, 5.41) is 5.91. The van der Waals surface area contributed by atoms with Crippen LogP contribution in [0, 0.1) is 0 Å². The van der Waals surface area contributed by atoms with E-state index < -0.39 is 0 Å². The maximum atomic E-state index is 5.05. The minimum Gasteiger partial charge on any atom is -0.378 e. The molecule has 0 unspecified atom stereocenters. The number of hydrogen-bond donors (Lipinski definition) is 1. The number of nitrogens with one attached hydrogen (secondary N) is 1. The molecule has 4 aromatic carbocycles. The van der Waals surface area contributed by atoms with Crippen LogP contribution in [0.3, 0.4) is 0 Å². The Morgan fingerprint density at radius 2 is 1.37 bits per heavy atom. The maximum Gasteiger partial charge on any atom is 0.0808 e. The second-order valence-corrected chi connectivity index (χ2v) is 7.64. The molecule has 0 aliphatic heterocycles. The molecule has 0 aliphatic carbocycles. The topological polar surface area (TPSA) is 28.2 Å². The van der Waals surface area contributed by atoms with Crippen molar-refractivity contribution in [3.8, 4) is 11.1 Å². The maximum absolute atomic E-state index is 5.05. The van der Waals surface area contributed by atoms with Gasteiger partial charge in [0.1, 0.15) is 0 Å². The van der Waals surface area contributed by atoms with Gasteiger partial charge in [0.2, 0.25) is 0 Å². The highest BCUT2D eigenvalue weighted by molar-refractivity contribution is 6.12. The van der Waals surface area contributed by atoms with Gasteiger partial charge in [-0.2, -0.15) is 0 Å². The van der Waals surface area contributed by atoms with Crippen LogP contribution in [0.4, 0.5) is 17.1 Å². The molecule has 3 heteroatoms. The van der Waals surface area contributed by atoms with Gasteiger partial charge in [-0.25, -0.2) is 4.98 Å². The highest BCUT2D eigenvalue weighted by Crippen LogP contribution is 2.37. The Hall–Kier alpha value is -3.85. The van der Waals surface area contributed by atoms with E-state index >= 15 is 0 Å². The fraction of sp³-hybridized carbons (Fsp3) is 0.0741. The third kappa shape index (κ3) is 3.25. The highest BCUT2D eigenvalue weighted by Gasteiger charge is 2.13. The predicted molar refractivity (Wildman–Crippen MR) is 129 cm³/mol. The summed E-state index contributed by atoms with van der Waals surface area (Å²) in [6.07, 6.45) is 0. The quantitative estimate of drug-likeness (QED) is 0.340. The fourth-order valence-electron chi connectivity index (χ4n) is 3.89. The van der Waals surface area contributed by atoms with Gasteiger partial charge in [-0.15, -0.1) is 0 Å².